The molecule has 2 heterocycles. The molecule has 6 rings (SSSR count). The smallest absolute Gasteiger partial charge is 0.407 e. The number of aromatic nitrogens is 1. The van der Waals surface area contributed by atoms with Gasteiger partial charge in [0.15, 0.2) is 0 Å². The fraction of sp³-hybridized carbons (Fsp3) is 0.415. The minimum absolute atomic E-state index is 0.0149. The highest BCUT2D eigenvalue weighted by molar-refractivity contribution is 5.97. The predicted octanol–water partition coefficient (Wildman–Crippen LogP) is -0.0560. The van der Waals surface area contributed by atoms with Gasteiger partial charge in [-0.05, 0) is 66.0 Å². The summed E-state index contributed by atoms with van der Waals surface area (Å²) >= 11 is 0. The normalized spacial score (nSPS) is 15.5. The molecule has 6 atom stereocenters. The van der Waals surface area contributed by atoms with Crippen molar-refractivity contribution in [3.05, 3.63) is 95.7 Å². The van der Waals surface area contributed by atoms with Crippen LogP contribution in [-0.2, 0) is 59.1 Å². The Morgan fingerprint density at radius 2 is 1.32 bits per heavy atom. The Hall–Kier alpha value is -8.83. The average Bonchev–Trinajstić information content (AvgIpc) is 4.19. The molecule has 77 heavy (non-hydrogen) atoms. The molecule has 410 valence electrons. The molecular weight excluding hydrogens is 999 g/mol. The summed E-state index contributed by atoms with van der Waals surface area (Å²) in [5.41, 5.74) is 10.9. The van der Waals surface area contributed by atoms with Gasteiger partial charge in [-0.25, -0.2) is 4.79 Å². The van der Waals surface area contributed by atoms with E-state index >= 15 is 0 Å². The molecule has 1 fully saturated rings. The standard InChI is InChI=1S/C53H65N11O13/c1-4-29(2)47(52(75)60-30(3)48(71)56-24-43(66)61-40(50(73)58-27-46(69)70)22-31-23-55-38-17-10-9-12-32(31)38)63-44(67)25-57-49(72)39(19-20-42(54)65)62-51(74)41-18-11-21-64(41)45(68)26-59-53(76)77-28-37-35-15-7-5-13-33(35)34-14-6-8-16-36(34)37/h5-10,12-17,23,29-30,37,39-41,47,55H,4,11,18-22,24-28H2,1-3H3,(H2,54,65)(H,56,71)(H,57,72)(H,58,73)(H,59,76)(H,60,75)(H,61,66)(H,62,74)(H,63,67)(H,69,70)/t29-,30-,39-,40-,41-,47-/m0/s1. The maximum absolute atomic E-state index is 13.7. The molecule has 1 aromatic heterocycles. The van der Waals surface area contributed by atoms with Crippen LogP contribution in [0.25, 0.3) is 22.0 Å². The molecule has 0 saturated carbocycles. The maximum Gasteiger partial charge on any atom is 0.407 e. The predicted molar refractivity (Wildman–Crippen MR) is 278 cm³/mol. The van der Waals surface area contributed by atoms with Crippen LogP contribution < -0.4 is 48.3 Å². The van der Waals surface area contributed by atoms with Crippen LogP contribution in [0.2, 0.25) is 0 Å². The number of nitrogens with two attached hydrogens (primary N) is 1. The molecule has 12 N–H and O–H groups in total. The quantitative estimate of drug-likeness (QED) is 0.0393. The fourth-order valence-electron chi connectivity index (χ4n) is 9.23. The van der Waals surface area contributed by atoms with E-state index in [1.807, 2.05) is 66.7 Å². The van der Waals surface area contributed by atoms with Crippen molar-refractivity contribution in [2.24, 2.45) is 11.7 Å². The number of benzene rings is 3. The van der Waals surface area contributed by atoms with Gasteiger partial charge in [0.2, 0.25) is 53.2 Å². The SMILES string of the molecule is CC[C@H](C)[C@H](NC(=O)CNC(=O)[C@H](CCC(N)=O)NC(=O)[C@@H]1CCCN1C(=O)CNC(=O)OCC1c2ccccc2-c2ccccc21)C(=O)N[C@@H](C)C(=O)NCC(=O)N[C@@H](Cc1c[nH]c2ccccc12)C(=O)NCC(=O)O. The summed E-state index contributed by atoms with van der Waals surface area (Å²) in [4.78, 5) is 147. The van der Waals surface area contributed by atoms with E-state index in [9.17, 15) is 52.7 Å². The lowest BCUT2D eigenvalue weighted by molar-refractivity contribution is -0.139. The molecule has 1 aliphatic carbocycles. The Morgan fingerprint density at radius 1 is 0.714 bits per heavy atom. The van der Waals surface area contributed by atoms with Crippen LogP contribution in [0.1, 0.15) is 75.5 Å². The number of H-pyrrole nitrogens is 1. The first-order chi connectivity index (χ1) is 36.8. The van der Waals surface area contributed by atoms with Crippen LogP contribution >= 0.6 is 0 Å². The lowest BCUT2D eigenvalue weighted by atomic mass is 9.98. The minimum atomic E-state index is -1.38. The molecular formula is C53H65N11O13. The summed E-state index contributed by atoms with van der Waals surface area (Å²) in [5, 5.41) is 29.5. The van der Waals surface area contributed by atoms with Gasteiger partial charge >= 0.3 is 12.1 Å². The van der Waals surface area contributed by atoms with Crippen molar-refractivity contribution >= 4 is 76.1 Å². The van der Waals surface area contributed by atoms with Crippen molar-refractivity contribution in [3.8, 4) is 11.1 Å². The van der Waals surface area contributed by atoms with Crippen molar-refractivity contribution in [2.75, 3.05) is 39.3 Å². The van der Waals surface area contributed by atoms with Crippen molar-refractivity contribution < 1.29 is 62.6 Å². The highest BCUT2D eigenvalue weighted by atomic mass is 16.5. The van der Waals surface area contributed by atoms with Gasteiger partial charge in [0.05, 0.1) is 13.1 Å². The van der Waals surface area contributed by atoms with Gasteiger partial charge < -0.3 is 68.0 Å². The van der Waals surface area contributed by atoms with E-state index in [4.69, 9.17) is 15.6 Å². The van der Waals surface area contributed by atoms with Crippen LogP contribution in [0.4, 0.5) is 4.79 Å². The first-order valence-corrected chi connectivity index (χ1v) is 25.3. The summed E-state index contributed by atoms with van der Waals surface area (Å²) in [6, 6.07) is 16.8. The van der Waals surface area contributed by atoms with Gasteiger partial charge in [-0.2, -0.15) is 0 Å². The lowest BCUT2D eigenvalue weighted by Crippen LogP contribution is -2.57. The van der Waals surface area contributed by atoms with Gasteiger partial charge in [-0.1, -0.05) is 87.0 Å². The van der Waals surface area contributed by atoms with E-state index in [2.05, 4.69) is 47.5 Å². The number of amides is 10. The Morgan fingerprint density at radius 3 is 1.99 bits per heavy atom. The highest BCUT2D eigenvalue weighted by Crippen LogP contribution is 2.44. The molecule has 4 aromatic rings. The van der Waals surface area contributed by atoms with E-state index in [1.54, 1.807) is 26.1 Å². The zero-order valence-corrected chi connectivity index (χ0v) is 42.9. The van der Waals surface area contributed by atoms with Gasteiger partial charge in [0, 0.05) is 42.4 Å². The first kappa shape index (κ1) is 57.4. The third kappa shape index (κ3) is 15.6. The van der Waals surface area contributed by atoms with E-state index in [0.29, 0.717) is 18.4 Å². The minimum Gasteiger partial charge on any atom is -0.480 e. The Kier molecular flexibility index (Phi) is 20.2. The van der Waals surface area contributed by atoms with E-state index < -0.39 is 128 Å². The van der Waals surface area contributed by atoms with Crippen molar-refractivity contribution in [1.82, 2.24) is 52.4 Å². The summed E-state index contributed by atoms with van der Waals surface area (Å²) in [5.74, 6) is -8.86. The van der Waals surface area contributed by atoms with Gasteiger partial charge in [0.25, 0.3) is 0 Å². The number of carbonyl (C=O) groups excluding carboxylic acids is 10. The molecule has 10 amide bonds. The first-order valence-electron chi connectivity index (χ1n) is 25.3. The molecule has 24 heteroatoms. The maximum atomic E-state index is 13.7. The fourth-order valence-corrected chi connectivity index (χ4v) is 9.23. The summed E-state index contributed by atoms with van der Waals surface area (Å²) in [6.45, 7) is 2.50. The third-order valence-electron chi connectivity index (χ3n) is 13.5. The second kappa shape index (κ2) is 27.1. The van der Waals surface area contributed by atoms with E-state index in [0.717, 1.165) is 33.2 Å². The molecule has 3 aromatic carbocycles. The van der Waals surface area contributed by atoms with Gasteiger partial charge in [-0.3, -0.25) is 47.9 Å². The van der Waals surface area contributed by atoms with Crippen LogP contribution in [-0.4, -0.2) is 150 Å². The van der Waals surface area contributed by atoms with Crippen LogP contribution in [0.3, 0.4) is 0 Å². The summed E-state index contributed by atoms with van der Waals surface area (Å²) in [7, 11) is 0. The topological polar surface area (TPSA) is 359 Å². The molecule has 24 nitrogen and oxygen atoms in total. The second-order valence-electron chi connectivity index (χ2n) is 18.9. The molecule has 0 radical (unpaired) electrons. The molecule has 1 saturated heterocycles. The molecule has 0 bridgehead atoms. The molecule has 0 spiro atoms. The Labute approximate surface area is 443 Å². The summed E-state index contributed by atoms with van der Waals surface area (Å²) in [6.07, 6.45) is 1.30. The number of carbonyl (C=O) groups is 11. The average molecular weight is 1060 g/mol. The second-order valence-corrected chi connectivity index (χ2v) is 18.9. The number of hydrogen-bond acceptors (Lipinski definition) is 12. The van der Waals surface area contributed by atoms with Crippen LogP contribution in [0, 0.1) is 5.92 Å². The third-order valence-corrected chi connectivity index (χ3v) is 13.5. The number of carboxylic acids is 1. The number of ether oxygens (including phenoxy) is 1. The monoisotopic (exact) mass is 1060 g/mol. The lowest BCUT2D eigenvalue weighted by Gasteiger charge is -2.27. The number of nitrogens with zero attached hydrogens (tertiary/aromatic N) is 1. The number of carboxylic acid groups (broad SMARTS) is 1. The van der Waals surface area contributed by atoms with Crippen LogP contribution in [0.15, 0.2) is 79.0 Å². The zero-order valence-electron chi connectivity index (χ0n) is 42.9. The van der Waals surface area contributed by atoms with Crippen molar-refractivity contribution in [2.45, 2.75) is 95.4 Å². The van der Waals surface area contributed by atoms with Crippen LogP contribution in [0.5, 0.6) is 0 Å². The number of primary amides is 1. The molecule has 0 unspecified atom stereocenters. The zero-order chi connectivity index (χ0) is 55.8. The number of rotatable bonds is 26. The largest absolute Gasteiger partial charge is 0.480 e. The number of likely N-dealkylation sites (tertiary alicyclic amines) is 1. The number of alkyl carbamates (subject to hydrolysis) is 1. The molecule has 1 aliphatic heterocycles. The van der Waals surface area contributed by atoms with Crippen molar-refractivity contribution in [3.63, 3.8) is 0 Å². The number of para-hydroxylation sites is 1. The Bertz CT molecular complexity index is 2830. The highest BCUT2D eigenvalue weighted by Gasteiger charge is 2.37. The number of nitrogens with one attached hydrogen (secondary N) is 9. The van der Waals surface area contributed by atoms with Crippen molar-refractivity contribution in [1.29, 1.82) is 0 Å². The van der Waals surface area contributed by atoms with E-state index in [-0.39, 0.29) is 44.8 Å². The number of hydrogen-bond donors (Lipinski definition) is 11. The number of fused-ring (bicyclic) bond motifs is 4. The Balaban J connectivity index is 0.961. The molecule has 2 aliphatic rings. The van der Waals surface area contributed by atoms with Gasteiger partial charge in [0.1, 0.15) is 49.9 Å². The summed E-state index contributed by atoms with van der Waals surface area (Å²) < 4.78 is 5.55. The van der Waals surface area contributed by atoms with E-state index in [1.165, 1.54) is 11.8 Å². The number of aliphatic carboxylic acids is 1. The number of aromatic amines is 1. The van der Waals surface area contributed by atoms with Gasteiger partial charge in [-0.15, -0.1) is 0 Å².